The van der Waals surface area contributed by atoms with Crippen LogP contribution >= 0.6 is 0 Å². The Kier molecular flexibility index (Phi) is 5.27. The van der Waals surface area contributed by atoms with E-state index in [9.17, 15) is 14.7 Å². The molecule has 1 rings (SSSR count). The first-order chi connectivity index (χ1) is 9.31. The second-order valence-electron chi connectivity index (χ2n) is 5.02. The highest BCUT2D eigenvalue weighted by Gasteiger charge is 2.46. The average molecular weight is 279 g/mol. The third kappa shape index (κ3) is 3.57. The number of nitrogens with two attached hydrogens (primary N) is 1. The molecular weight excluding hydrogens is 258 g/mol. The molecule has 0 saturated carbocycles. The number of hydrogen-bond acceptors (Lipinski definition) is 4. The number of carbonyl (C=O) groups excluding carboxylic acids is 1. The van der Waals surface area contributed by atoms with Gasteiger partial charge >= 0.3 is 5.97 Å². The molecule has 2 unspecified atom stereocenters. The molecule has 2 atom stereocenters. The fraction of sp³-hybridized carbons (Fsp3) is 0.467. The van der Waals surface area contributed by atoms with Gasteiger partial charge in [-0.1, -0.05) is 25.2 Å². The monoisotopic (exact) mass is 279 g/mol. The van der Waals surface area contributed by atoms with Gasteiger partial charge in [-0.3, -0.25) is 4.79 Å². The Morgan fingerprint density at radius 1 is 1.50 bits per heavy atom. The van der Waals surface area contributed by atoms with Gasteiger partial charge in [0.05, 0.1) is 0 Å². The first-order valence-corrected chi connectivity index (χ1v) is 6.62. The molecule has 0 aromatic rings. The number of carboxylic acid groups (broad SMARTS) is 1. The van der Waals surface area contributed by atoms with E-state index in [0.29, 0.717) is 0 Å². The van der Waals surface area contributed by atoms with Gasteiger partial charge in [0, 0.05) is 12.5 Å². The number of aliphatic carboxylic acids is 1. The van der Waals surface area contributed by atoms with E-state index < -0.39 is 17.4 Å². The van der Waals surface area contributed by atoms with Gasteiger partial charge in [-0.15, -0.1) is 0 Å². The third-order valence-corrected chi connectivity index (χ3v) is 2.91. The number of carbonyl (C=O) groups is 2. The molecule has 5 heteroatoms. The molecule has 0 aromatic heterocycles. The molecule has 0 saturated heterocycles. The molecule has 0 amide bonds. The maximum Gasteiger partial charge on any atom is 0.342 e. The number of allylic oxidation sites excluding steroid dienone is 3. The van der Waals surface area contributed by atoms with Gasteiger partial charge in [-0.05, 0) is 26.3 Å². The number of ketones is 1. The highest BCUT2D eigenvalue weighted by atomic mass is 16.5. The standard InChI is InChI=1S/C15H21NO4/c1-4-5-6-7-8-15(3)13(17)12(14(18)19)11(20-15)9-10(2)16/h5-8,10H,4,9,16H2,1-3H3,(H,18,19)/b6-5+,8-7+. The molecule has 0 bridgehead atoms. The number of ether oxygens (including phenoxy) is 1. The van der Waals surface area contributed by atoms with Crippen LogP contribution in [0.3, 0.4) is 0 Å². The van der Waals surface area contributed by atoms with E-state index in [-0.39, 0.29) is 23.8 Å². The molecule has 5 nitrogen and oxygen atoms in total. The van der Waals surface area contributed by atoms with Crippen molar-refractivity contribution in [2.24, 2.45) is 5.73 Å². The van der Waals surface area contributed by atoms with Crippen molar-refractivity contribution in [1.82, 2.24) is 0 Å². The molecule has 20 heavy (non-hydrogen) atoms. The van der Waals surface area contributed by atoms with Crippen molar-refractivity contribution in [3.63, 3.8) is 0 Å². The molecule has 3 N–H and O–H groups in total. The summed E-state index contributed by atoms with van der Waals surface area (Å²) < 4.78 is 5.57. The summed E-state index contributed by atoms with van der Waals surface area (Å²) in [5.41, 5.74) is 4.10. The molecule has 0 aliphatic carbocycles. The maximum atomic E-state index is 12.2. The topological polar surface area (TPSA) is 89.6 Å². The second-order valence-corrected chi connectivity index (χ2v) is 5.02. The molecule has 1 heterocycles. The number of Topliss-reactive ketones (excluding diaryl/α,β-unsaturated/α-hetero) is 1. The van der Waals surface area contributed by atoms with E-state index in [1.807, 2.05) is 13.0 Å². The van der Waals surface area contributed by atoms with Gasteiger partial charge in [-0.2, -0.15) is 0 Å². The van der Waals surface area contributed by atoms with Crippen LogP contribution in [-0.4, -0.2) is 28.5 Å². The summed E-state index contributed by atoms with van der Waals surface area (Å²) in [6.45, 7) is 5.28. The van der Waals surface area contributed by atoms with Crippen LogP contribution in [0.25, 0.3) is 0 Å². The zero-order valence-corrected chi connectivity index (χ0v) is 12.1. The van der Waals surface area contributed by atoms with E-state index in [0.717, 1.165) is 6.42 Å². The lowest BCUT2D eigenvalue weighted by Crippen LogP contribution is -2.32. The summed E-state index contributed by atoms with van der Waals surface area (Å²) >= 11 is 0. The molecule has 0 spiro atoms. The number of rotatable bonds is 6. The summed E-state index contributed by atoms with van der Waals surface area (Å²) in [6.07, 6.45) is 8.08. The van der Waals surface area contributed by atoms with Gasteiger partial charge < -0.3 is 15.6 Å². The molecule has 1 aliphatic rings. The zero-order valence-electron chi connectivity index (χ0n) is 12.1. The Morgan fingerprint density at radius 3 is 2.65 bits per heavy atom. The highest BCUT2D eigenvalue weighted by Crippen LogP contribution is 2.34. The molecule has 0 aromatic carbocycles. The lowest BCUT2D eigenvalue weighted by molar-refractivity contribution is -0.135. The Morgan fingerprint density at radius 2 is 2.15 bits per heavy atom. The van der Waals surface area contributed by atoms with E-state index in [4.69, 9.17) is 10.5 Å². The van der Waals surface area contributed by atoms with Crippen LogP contribution in [0.4, 0.5) is 0 Å². The minimum absolute atomic E-state index is 0.157. The Bertz CT molecular complexity index is 488. The average Bonchev–Trinajstić information content (AvgIpc) is 2.56. The van der Waals surface area contributed by atoms with Gasteiger partial charge in [0.15, 0.2) is 5.60 Å². The minimum atomic E-state index is -1.27. The molecular formula is C15H21NO4. The predicted molar refractivity (Wildman–Crippen MR) is 76.0 cm³/mol. The van der Waals surface area contributed by atoms with Crippen LogP contribution in [-0.2, 0) is 14.3 Å². The SMILES string of the molecule is CC/C=C/C=C/C1(C)OC(CC(C)N)=C(C(=O)O)C1=O. The largest absolute Gasteiger partial charge is 0.478 e. The molecule has 0 radical (unpaired) electrons. The van der Waals surface area contributed by atoms with Crippen LogP contribution in [0.5, 0.6) is 0 Å². The second kappa shape index (κ2) is 6.52. The van der Waals surface area contributed by atoms with Crippen molar-refractivity contribution in [3.8, 4) is 0 Å². The Balaban J connectivity index is 3.02. The van der Waals surface area contributed by atoms with Crippen molar-refractivity contribution in [1.29, 1.82) is 0 Å². The summed E-state index contributed by atoms with van der Waals surface area (Å²) in [4.78, 5) is 23.5. The van der Waals surface area contributed by atoms with Crippen LogP contribution in [0.15, 0.2) is 35.6 Å². The fourth-order valence-corrected chi connectivity index (χ4v) is 1.94. The highest BCUT2D eigenvalue weighted by molar-refractivity contribution is 6.22. The third-order valence-electron chi connectivity index (χ3n) is 2.91. The van der Waals surface area contributed by atoms with E-state index in [1.165, 1.54) is 0 Å². The fourth-order valence-electron chi connectivity index (χ4n) is 1.94. The van der Waals surface area contributed by atoms with Gasteiger partial charge in [0.25, 0.3) is 0 Å². The number of carboxylic acids is 1. The Hall–Kier alpha value is -1.88. The van der Waals surface area contributed by atoms with Gasteiger partial charge in [0.2, 0.25) is 5.78 Å². The first kappa shape index (κ1) is 16.2. The Labute approximate surface area is 118 Å². The smallest absolute Gasteiger partial charge is 0.342 e. The van der Waals surface area contributed by atoms with Crippen molar-refractivity contribution < 1.29 is 19.4 Å². The predicted octanol–water partition coefficient (Wildman–Crippen LogP) is 1.94. The van der Waals surface area contributed by atoms with Crippen LogP contribution in [0, 0.1) is 0 Å². The van der Waals surface area contributed by atoms with Crippen molar-refractivity contribution in [2.45, 2.75) is 45.3 Å². The van der Waals surface area contributed by atoms with Crippen LogP contribution in [0.1, 0.15) is 33.6 Å². The van der Waals surface area contributed by atoms with Crippen molar-refractivity contribution in [3.05, 3.63) is 35.6 Å². The van der Waals surface area contributed by atoms with E-state index in [1.54, 1.807) is 32.1 Å². The van der Waals surface area contributed by atoms with Crippen LogP contribution in [0.2, 0.25) is 0 Å². The van der Waals surface area contributed by atoms with Gasteiger partial charge in [-0.25, -0.2) is 4.79 Å². The first-order valence-electron chi connectivity index (χ1n) is 6.62. The maximum absolute atomic E-state index is 12.2. The van der Waals surface area contributed by atoms with Crippen LogP contribution < -0.4 is 5.73 Å². The molecule has 110 valence electrons. The lowest BCUT2D eigenvalue weighted by atomic mass is 9.95. The number of hydrogen-bond donors (Lipinski definition) is 2. The quantitative estimate of drug-likeness (QED) is 0.573. The summed E-state index contributed by atoms with van der Waals surface area (Å²) in [7, 11) is 0. The summed E-state index contributed by atoms with van der Waals surface area (Å²) in [6, 6.07) is -0.279. The van der Waals surface area contributed by atoms with Crippen molar-refractivity contribution >= 4 is 11.8 Å². The normalized spacial score (nSPS) is 24.7. The zero-order chi connectivity index (χ0) is 15.3. The van der Waals surface area contributed by atoms with E-state index >= 15 is 0 Å². The molecule has 1 aliphatic heterocycles. The lowest BCUT2D eigenvalue weighted by Gasteiger charge is -2.20. The minimum Gasteiger partial charge on any atom is -0.478 e. The molecule has 0 fully saturated rings. The summed E-state index contributed by atoms with van der Waals surface area (Å²) in [5.74, 6) is -1.65. The van der Waals surface area contributed by atoms with Gasteiger partial charge in [0.1, 0.15) is 11.3 Å². The van der Waals surface area contributed by atoms with E-state index in [2.05, 4.69) is 0 Å². The summed E-state index contributed by atoms with van der Waals surface area (Å²) in [5, 5.41) is 9.17. The van der Waals surface area contributed by atoms with Crippen molar-refractivity contribution in [2.75, 3.05) is 0 Å².